The Balaban J connectivity index is 2.20. The fourth-order valence-electron chi connectivity index (χ4n) is 2.30. The van der Waals surface area contributed by atoms with Crippen LogP contribution in [0, 0.1) is 0 Å². The van der Waals surface area contributed by atoms with Gasteiger partial charge in [-0.05, 0) is 25.5 Å². The second-order valence-electron chi connectivity index (χ2n) is 4.55. The van der Waals surface area contributed by atoms with Crippen molar-refractivity contribution >= 4 is 28.6 Å². The Morgan fingerprint density at radius 3 is 2.90 bits per heavy atom. The molecule has 0 aliphatic carbocycles. The van der Waals surface area contributed by atoms with Gasteiger partial charge < -0.3 is 14.0 Å². The van der Waals surface area contributed by atoms with E-state index in [1.807, 2.05) is 22.8 Å². The Kier molecular flexibility index (Phi) is 5.44. The third-order valence-corrected chi connectivity index (χ3v) is 3.47. The highest BCUT2D eigenvalue weighted by Crippen LogP contribution is 2.26. The zero-order valence-corrected chi connectivity index (χ0v) is 13.0. The Bertz CT molecular complexity index is 625. The summed E-state index contributed by atoms with van der Waals surface area (Å²) >= 11 is 5.97. The number of para-hydroxylation sites is 1. The van der Waals surface area contributed by atoms with Gasteiger partial charge in [-0.15, -0.1) is 11.6 Å². The molecule has 1 aromatic heterocycles. The van der Waals surface area contributed by atoms with Gasteiger partial charge in [-0.2, -0.15) is 0 Å². The molecule has 6 heteroatoms. The Morgan fingerprint density at radius 1 is 1.43 bits per heavy atom. The number of alkyl halides is 1. The van der Waals surface area contributed by atoms with Crippen molar-refractivity contribution in [2.75, 3.05) is 13.7 Å². The van der Waals surface area contributed by atoms with Gasteiger partial charge in [-0.25, -0.2) is 4.98 Å². The number of methoxy groups -OCH3 is 1. The molecule has 0 spiro atoms. The van der Waals surface area contributed by atoms with Crippen LogP contribution in [0.4, 0.5) is 0 Å². The average molecular weight is 311 g/mol. The van der Waals surface area contributed by atoms with Gasteiger partial charge in [0.2, 0.25) is 0 Å². The standard InChI is InChI=1S/C15H19ClN2O3/c1-3-21-14(19)8-5-9-18-11-6-4-7-12(20-2)15(11)17-13(18)10-16/h4,6-7H,3,5,8-10H2,1-2H3. The fraction of sp³-hybridized carbons (Fsp3) is 0.467. The molecule has 0 aliphatic heterocycles. The lowest BCUT2D eigenvalue weighted by atomic mass is 10.2. The van der Waals surface area contributed by atoms with Crippen LogP contribution < -0.4 is 4.74 Å². The Labute approximate surface area is 128 Å². The second-order valence-corrected chi connectivity index (χ2v) is 4.82. The number of nitrogens with zero attached hydrogens (tertiary/aromatic N) is 2. The molecule has 0 saturated carbocycles. The SMILES string of the molecule is CCOC(=O)CCCn1c(CCl)nc2c(OC)cccc21. The van der Waals surface area contributed by atoms with Crippen LogP contribution >= 0.6 is 11.6 Å². The summed E-state index contributed by atoms with van der Waals surface area (Å²) in [6.07, 6.45) is 1.07. The number of hydrogen-bond acceptors (Lipinski definition) is 4. The lowest BCUT2D eigenvalue weighted by Crippen LogP contribution is -2.08. The number of carbonyl (C=O) groups is 1. The van der Waals surface area contributed by atoms with E-state index in [1.54, 1.807) is 14.0 Å². The van der Waals surface area contributed by atoms with E-state index in [4.69, 9.17) is 21.1 Å². The topological polar surface area (TPSA) is 53.4 Å². The zero-order chi connectivity index (χ0) is 15.2. The molecule has 0 radical (unpaired) electrons. The quantitative estimate of drug-likeness (QED) is 0.582. The number of halogens is 1. The zero-order valence-electron chi connectivity index (χ0n) is 12.3. The first-order chi connectivity index (χ1) is 10.2. The fourth-order valence-corrected chi connectivity index (χ4v) is 2.50. The number of carbonyl (C=O) groups excluding carboxylic acids is 1. The first-order valence-corrected chi connectivity index (χ1v) is 7.48. The summed E-state index contributed by atoms with van der Waals surface area (Å²) in [5.74, 6) is 1.65. The third-order valence-electron chi connectivity index (χ3n) is 3.23. The molecule has 21 heavy (non-hydrogen) atoms. The summed E-state index contributed by atoms with van der Waals surface area (Å²) in [7, 11) is 1.62. The molecular weight excluding hydrogens is 292 g/mol. The van der Waals surface area contributed by atoms with Gasteiger partial charge in [0.25, 0.3) is 0 Å². The largest absolute Gasteiger partial charge is 0.494 e. The molecule has 0 aliphatic rings. The van der Waals surface area contributed by atoms with Crippen LogP contribution in [0.1, 0.15) is 25.6 Å². The van der Waals surface area contributed by atoms with Crippen molar-refractivity contribution in [3.63, 3.8) is 0 Å². The predicted octanol–water partition coefficient (Wildman–Crippen LogP) is 3.13. The maximum atomic E-state index is 11.4. The van der Waals surface area contributed by atoms with E-state index in [1.165, 1.54) is 0 Å². The van der Waals surface area contributed by atoms with Gasteiger partial charge in [0.1, 0.15) is 17.1 Å². The van der Waals surface area contributed by atoms with Crippen LogP contribution in [-0.2, 0) is 22.0 Å². The number of hydrogen-bond donors (Lipinski definition) is 0. The van der Waals surface area contributed by atoms with Crippen molar-refractivity contribution < 1.29 is 14.3 Å². The maximum Gasteiger partial charge on any atom is 0.305 e. The molecule has 2 rings (SSSR count). The summed E-state index contributed by atoms with van der Waals surface area (Å²) in [6, 6.07) is 5.77. The summed E-state index contributed by atoms with van der Waals surface area (Å²) in [6.45, 7) is 2.89. The molecule has 0 saturated heterocycles. The van der Waals surface area contributed by atoms with Gasteiger partial charge >= 0.3 is 5.97 Å². The normalized spacial score (nSPS) is 10.8. The Morgan fingerprint density at radius 2 is 2.24 bits per heavy atom. The molecule has 114 valence electrons. The van der Waals surface area contributed by atoms with Crippen molar-refractivity contribution in [3.8, 4) is 5.75 Å². The van der Waals surface area contributed by atoms with Crippen molar-refractivity contribution in [2.45, 2.75) is 32.2 Å². The highest BCUT2D eigenvalue weighted by atomic mass is 35.5. The number of aromatic nitrogens is 2. The van der Waals surface area contributed by atoms with E-state index < -0.39 is 0 Å². The molecule has 0 bridgehead atoms. The minimum Gasteiger partial charge on any atom is -0.494 e. The molecule has 0 N–H and O–H groups in total. The van der Waals surface area contributed by atoms with E-state index in [-0.39, 0.29) is 5.97 Å². The first-order valence-electron chi connectivity index (χ1n) is 6.95. The lowest BCUT2D eigenvalue weighted by molar-refractivity contribution is -0.143. The molecule has 5 nitrogen and oxygen atoms in total. The number of esters is 1. The highest BCUT2D eigenvalue weighted by molar-refractivity contribution is 6.16. The van der Waals surface area contributed by atoms with Crippen molar-refractivity contribution in [1.29, 1.82) is 0 Å². The van der Waals surface area contributed by atoms with Crippen LogP contribution in [0.3, 0.4) is 0 Å². The summed E-state index contributed by atoms with van der Waals surface area (Å²) in [5.41, 5.74) is 1.76. The average Bonchev–Trinajstić information content (AvgIpc) is 2.85. The highest BCUT2D eigenvalue weighted by Gasteiger charge is 2.13. The molecule has 0 fully saturated rings. The van der Waals surface area contributed by atoms with Crippen molar-refractivity contribution in [3.05, 3.63) is 24.0 Å². The summed E-state index contributed by atoms with van der Waals surface area (Å²) < 4.78 is 12.3. The minimum absolute atomic E-state index is 0.174. The summed E-state index contributed by atoms with van der Waals surface area (Å²) in [4.78, 5) is 15.9. The van der Waals surface area contributed by atoms with Crippen LogP contribution in [0.5, 0.6) is 5.75 Å². The van der Waals surface area contributed by atoms with Crippen molar-refractivity contribution in [1.82, 2.24) is 9.55 Å². The van der Waals surface area contributed by atoms with E-state index in [2.05, 4.69) is 4.98 Å². The number of aryl methyl sites for hydroxylation is 1. The van der Waals surface area contributed by atoms with Gasteiger partial charge in [0, 0.05) is 13.0 Å². The molecule has 0 atom stereocenters. The lowest BCUT2D eigenvalue weighted by Gasteiger charge is -2.08. The second kappa shape index (κ2) is 7.31. The van der Waals surface area contributed by atoms with Gasteiger partial charge in [-0.1, -0.05) is 6.07 Å². The van der Waals surface area contributed by atoms with Crippen LogP contribution in [-0.4, -0.2) is 29.2 Å². The molecule has 2 aromatic rings. The maximum absolute atomic E-state index is 11.4. The molecule has 0 amide bonds. The van der Waals surface area contributed by atoms with Crippen LogP contribution in [0.2, 0.25) is 0 Å². The monoisotopic (exact) mass is 310 g/mol. The van der Waals surface area contributed by atoms with E-state index >= 15 is 0 Å². The van der Waals surface area contributed by atoms with Crippen LogP contribution in [0.15, 0.2) is 18.2 Å². The Hall–Kier alpha value is -1.75. The first kappa shape index (κ1) is 15.6. The number of imidazole rings is 1. The van der Waals surface area contributed by atoms with Crippen molar-refractivity contribution in [2.24, 2.45) is 0 Å². The number of rotatable bonds is 7. The predicted molar refractivity (Wildman–Crippen MR) is 81.7 cm³/mol. The number of ether oxygens (including phenoxy) is 2. The number of benzene rings is 1. The van der Waals surface area contributed by atoms with Gasteiger partial charge in [0.15, 0.2) is 0 Å². The molecule has 1 heterocycles. The molecule has 1 aromatic carbocycles. The molecule has 0 unspecified atom stereocenters. The van der Waals surface area contributed by atoms with E-state index in [0.717, 1.165) is 22.6 Å². The minimum atomic E-state index is -0.174. The van der Waals surface area contributed by atoms with Gasteiger partial charge in [-0.3, -0.25) is 4.79 Å². The smallest absolute Gasteiger partial charge is 0.305 e. The third kappa shape index (κ3) is 3.47. The van der Waals surface area contributed by atoms with Crippen LogP contribution in [0.25, 0.3) is 11.0 Å². The molecular formula is C15H19ClN2O3. The van der Waals surface area contributed by atoms with Gasteiger partial charge in [0.05, 0.1) is 25.1 Å². The van der Waals surface area contributed by atoms with E-state index in [9.17, 15) is 4.79 Å². The summed E-state index contributed by atoms with van der Waals surface area (Å²) in [5, 5.41) is 0. The van der Waals surface area contributed by atoms with E-state index in [0.29, 0.717) is 31.9 Å². The number of fused-ring (bicyclic) bond motifs is 1.